The summed E-state index contributed by atoms with van der Waals surface area (Å²) in [6.45, 7) is 9.95. The maximum Gasteiger partial charge on any atom is 0.236 e. The summed E-state index contributed by atoms with van der Waals surface area (Å²) < 4.78 is 2.31. The molecule has 0 spiro atoms. The van der Waals surface area contributed by atoms with Crippen molar-refractivity contribution in [2.24, 2.45) is 0 Å². The summed E-state index contributed by atoms with van der Waals surface area (Å²) in [4.78, 5) is 7.22. The summed E-state index contributed by atoms with van der Waals surface area (Å²) in [5, 5.41) is 0.670. The van der Waals surface area contributed by atoms with Crippen LogP contribution in [0.5, 0.6) is 0 Å². The van der Waals surface area contributed by atoms with Gasteiger partial charge in [-0.15, -0.1) is 0 Å². The van der Waals surface area contributed by atoms with Crippen LogP contribution in [-0.2, 0) is 0 Å². The lowest BCUT2D eigenvalue weighted by Crippen LogP contribution is -3.00. The maximum atomic E-state index is 6.24. The first-order chi connectivity index (χ1) is 12.9. The maximum absolute atomic E-state index is 6.24. The van der Waals surface area contributed by atoms with Crippen molar-refractivity contribution in [3.63, 3.8) is 0 Å². The highest BCUT2D eigenvalue weighted by Crippen LogP contribution is 2.26. The number of halogens is 2. The molecule has 5 nitrogen and oxygen atoms in total. The molecule has 1 unspecified atom stereocenters. The first kappa shape index (κ1) is 22.5. The predicted molar refractivity (Wildman–Crippen MR) is 115 cm³/mol. The Morgan fingerprint density at radius 2 is 1.82 bits per heavy atom. The van der Waals surface area contributed by atoms with Gasteiger partial charge < -0.3 is 28.8 Å². The molecule has 0 aliphatic rings. The Kier molecular flexibility index (Phi) is 7.70. The van der Waals surface area contributed by atoms with E-state index in [1.165, 1.54) is 0 Å². The lowest BCUT2D eigenvalue weighted by atomic mass is 10.1. The summed E-state index contributed by atoms with van der Waals surface area (Å²) in [5.74, 6) is 0. The van der Waals surface area contributed by atoms with E-state index >= 15 is 0 Å². The fourth-order valence-electron chi connectivity index (χ4n) is 3.76. The van der Waals surface area contributed by atoms with E-state index < -0.39 is 0 Å². The number of nitrogens with two attached hydrogens (primary N) is 2. The van der Waals surface area contributed by atoms with Crippen LogP contribution in [0, 0.1) is 0 Å². The number of rotatable bonds is 7. The van der Waals surface area contributed by atoms with Crippen LogP contribution < -0.4 is 28.4 Å². The van der Waals surface area contributed by atoms with Gasteiger partial charge in [0.15, 0.2) is 11.6 Å². The van der Waals surface area contributed by atoms with Crippen LogP contribution in [0.25, 0.3) is 22.1 Å². The fourth-order valence-corrected chi connectivity index (χ4v) is 3.93. The van der Waals surface area contributed by atoms with Crippen LogP contribution in [0.15, 0.2) is 30.3 Å². The second kappa shape index (κ2) is 9.59. The lowest BCUT2D eigenvalue weighted by Gasteiger charge is -2.19. The highest BCUT2D eigenvalue weighted by atomic mass is 35.5. The Bertz CT molecular complexity index is 957. The van der Waals surface area contributed by atoms with Gasteiger partial charge in [0, 0.05) is 29.3 Å². The molecule has 3 aromatic rings. The molecule has 0 fully saturated rings. The lowest BCUT2D eigenvalue weighted by molar-refractivity contribution is -0.671. The highest BCUT2D eigenvalue weighted by molar-refractivity contribution is 6.31. The third kappa shape index (κ3) is 4.59. The van der Waals surface area contributed by atoms with Crippen LogP contribution in [0.1, 0.15) is 39.7 Å². The molecule has 2 aromatic carbocycles. The topological polar surface area (TPSA) is 72.0 Å². The largest absolute Gasteiger partial charge is 1.00 e. The van der Waals surface area contributed by atoms with Crippen molar-refractivity contribution in [1.29, 1.82) is 0 Å². The molecule has 0 saturated carbocycles. The minimum absolute atomic E-state index is 0. The van der Waals surface area contributed by atoms with Gasteiger partial charge >= 0.3 is 0 Å². The van der Waals surface area contributed by atoms with Crippen LogP contribution in [-0.4, -0.2) is 29.5 Å². The second-order valence-electron chi connectivity index (χ2n) is 7.11. The summed E-state index contributed by atoms with van der Waals surface area (Å²) in [7, 11) is 0. The Morgan fingerprint density at radius 1 is 1.11 bits per heavy atom. The van der Waals surface area contributed by atoms with E-state index in [1.807, 2.05) is 24.3 Å². The predicted octanol–water partition coefficient (Wildman–Crippen LogP) is 1.18. The molecule has 3 rings (SSSR count). The number of aromatic nitrogens is 2. The minimum atomic E-state index is 0. The molecule has 0 bridgehead atoms. The van der Waals surface area contributed by atoms with Crippen molar-refractivity contribution < 1.29 is 17.0 Å². The van der Waals surface area contributed by atoms with Crippen molar-refractivity contribution in [3.05, 3.63) is 35.4 Å². The Hall–Kier alpha value is -1.82. The molecule has 0 radical (unpaired) electrons. The van der Waals surface area contributed by atoms with Gasteiger partial charge in [0.2, 0.25) is 11.0 Å². The standard InChI is InChI=1S/C21H28ClN5.ClH/c1-4-26(5-2)10-6-7-14(3)27-19-9-8-15(22)11-18(19)25-21-17(24)12-16(23)13-20(21)27;/h8-9,11-14H,4-7,10H2,1-3H3,(H3,23,24);1H. The van der Waals surface area contributed by atoms with Crippen LogP contribution in [0.3, 0.4) is 0 Å². The average Bonchev–Trinajstić information content (AvgIpc) is 2.63. The van der Waals surface area contributed by atoms with Gasteiger partial charge in [-0.25, -0.2) is 4.98 Å². The van der Waals surface area contributed by atoms with Gasteiger partial charge in [0.25, 0.3) is 0 Å². The Labute approximate surface area is 178 Å². The molecule has 0 aliphatic carbocycles. The van der Waals surface area contributed by atoms with E-state index in [-0.39, 0.29) is 18.4 Å². The fraction of sp³-hybridized carbons (Fsp3) is 0.429. The minimum Gasteiger partial charge on any atom is -1.00 e. The third-order valence-corrected chi connectivity index (χ3v) is 5.50. The summed E-state index contributed by atoms with van der Waals surface area (Å²) in [5.41, 5.74) is 17.2. The van der Waals surface area contributed by atoms with E-state index in [9.17, 15) is 0 Å². The molecule has 0 amide bonds. The van der Waals surface area contributed by atoms with Gasteiger partial charge in [-0.2, -0.15) is 4.57 Å². The summed E-state index contributed by atoms with van der Waals surface area (Å²) >= 11 is 6.21. The first-order valence-corrected chi connectivity index (χ1v) is 10.0. The molecule has 1 aromatic heterocycles. The molecule has 28 heavy (non-hydrogen) atoms. The number of anilines is 2. The molecule has 1 atom stereocenters. The van der Waals surface area contributed by atoms with E-state index in [2.05, 4.69) is 30.2 Å². The first-order valence-electron chi connectivity index (χ1n) is 9.66. The monoisotopic (exact) mass is 421 g/mol. The van der Waals surface area contributed by atoms with E-state index in [1.54, 1.807) is 6.07 Å². The normalized spacial score (nSPS) is 12.5. The number of benzene rings is 2. The molecule has 1 heterocycles. The van der Waals surface area contributed by atoms with Gasteiger partial charge in [0.05, 0.1) is 5.69 Å². The SMILES string of the molecule is CCN(CC)CCCC(C)[n+]1c2ccc(Cl)cc2nc2c(N)cc(N)cc21.[Cl-]. The van der Waals surface area contributed by atoms with Gasteiger partial charge in [-0.05, 0) is 51.2 Å². The highest BCUT2D eigenvalue weighted by Gasteiger charge is 2.24. The Balaban J connectivity index is 0.00000280. The van der Waals surface area contributed by atoms with E-state index in [0.717, 1.165) is 54.5 Å². The number of nitrogens with zero attached hydrogens (tertiary/aromatic N) is 3. The summed E-state index contributed by atoms with van der Waals surface area (Å²) in [6.07, 6.45) is 2.19. The van der Waals surface area contributed by atoms with Crippen molar-refractivity contribution in [3.8, 4) is 0 Å². The zero-order chi connectivity index (χ0) is 19.6. The van der Waals surface area contributed by atoms with Crippen LogP contribution in [0.4, 0.5) is 11.4 Å². The van der Waals surface area contributed by atoms with E-state index in [4.69, 9.17) is 28.1 Å². The number of hydrogen-bond acceptors (Lipinski definition) is 4. The number of nitrogen functional groups attached to an aromatic ring is 2. The van der Waals surface area contributed by atoms with E-state index in [0.29, 0.717) is 16.4 Å². The quantitative estimate of drug-likeness (QED) is 0.341. The summed E-state index contributed by atoms with van der Waals surface area (Å²) in [6, 6.07) is 9.85. The number of fused-ring (bicyclic) bond motifs is 2. The number of hydrogen-bond donors (Lipinski definition) is 2. The molecule has 4 N–H and O–H groups in total. The van der Waals surface area contributed by atoms with Crippen molar-refractivity contribution in [1.82, 2.24) is 9.88 Å². The third-order valence-electron chi connectivity index (χ3n) is 5.26. The van der Waals surface area contributed by atoms with Crippen molar-refractivity contribution >= 4 is 45.0 Å². The molecule has 0 saturated heterocycles. The smallest absolute Gasteiger partial charge is 0.236 e. The molecular weight excluding hydrogens is 393 g/mol. The molecular formula is C21H29Cl2N5. The van der Waals surface area contributed by atoms with Crippen LogP contribution in [0.2, 0.25) is 5.02 Å². The van der Waals surface area contributed by atoms with Crippen molar-refractivity contribution in [2.45, 2.75) is 39.7 Å². The molecule has 7 heteroatoms. The second-order valence-corrected chi connectivity index (χ2v) is 7.55. The average molecular weight is 422 g/mol. The zero-order valence-electron chi connectivity index (χ0n) is 16.8. The van der Waals surface area contributed by atoms with Gasteiger partial charge in [0.1, 0.15) is 5.52 Å². The van der Waals surface area contributed by atoms with Crippen molar-refractivity contribution in [2.75, 3.05) is 31.1 Å². The van der Waals surface area contributed by atoms with Gasteiger partial charge in [-0.3, -0.25) is 0 Å². The Morgan fingerprint density at radius 3 is 2.50 bits per heavy atom. The molecule has 152 valence electrons. The molecule has 0 aliphatic heterocycles. The van der Waals surface area contributed by atoms with Gasteiger partial charge in [-0.1, -0.05) is 25.4 Å². The zero-order valence-corrected chi connectivity index (χ0v) is 18.3. The van der Waals surface area contributed by atoms with Crippen LogP contribution >= 0.6 is 11.6 Å².